The highest BCUT2D eigenvalue weighted by Crippen LogP contribution is 2.31. The number of aromatic carboxylic acids is 1. The summed E-state index contributed by atoms with van der Waals surface area (Å²) in [7, 11) is 0. The Labute approximate surface area is 253 Å². The number of aromatic nitrogens is 4. The highest BCUT2D eigenvalue weighted by Gasteiger charge is 2.24. The number of carboxylic acids is 1. The van der Waals surface area contributed by atoms with Crippen molar-refractivity contribution in [2.45, 2.75) is 39.0 Å². The van der Waals surface area contributed by atoms with Crippen LogP contribution in [0.25, 0.3) is 22.3 Å². The smallest absolute Gasteiger partial charge is 0.335 e. The number of benzene rings is 2. The number of imidazole rings is 1. The summed E-state index contributed by atoms with van der Waals surface area (Å²) in [4.78, 5) is 25.3. The second kappa shape index (κ2) is 12.2. The number of rotatable bonds is 11. The van der Waals surface area contributed by atoms with Crippen molar-refractivity contribution in [3.05, 3.63) is 87.1 Å². The first-order chi connectivity index (χ1) is 20.8. The van der Waals surface area contributed by atoms with E-state index in [9.17, 15) is 9.90 Å². The van der Waals surface area contributed by atoms with Gasteiger partial charge < -0.3 is 23.9 Å². The van der Waals surface area contributed by atoms with Crippen molar-refractivity contribution in [1.29, 1.82) is 0 Å². The molecule has 5 aromatic rings. The molecule has 1 aliphatic rings. The molecule has 9 nitrogen and oxygen atoms in total. The van der Waals surface area contributed by atoms with Crippen LogP contribution in [-0.2, 0) is 24.3 Å². The Morgan fingerprint density at radius 2 is 1.98 bits per heavy atom. The molecule has 4 heterocycles. The fourth-order valence-corrected chi connectivity index (χ4v) is 5.81. The van der Waals surface area contributed by atoms with Crippen LogP contribution in [0.15, 0.2) is 48.5 Å². The molecule has 1 unspecified atom stereocenters. The number of fused-ring (bicyclic) bond motifs is 1. The van der Waals surface area contributed by atoms with E-state index in [1.165, 1.54) is 23.5 Å². The molecule has 1 saturated heterocycles. The van der Waals surface area contributed by atoms with Crippen molar-refractivity contribution < 1.29 is 32.9 Å². The van der Waals surface area contributed by atoms with Crippen molar-refractivity contribution in [3.63, 3.8) is 0 Å². The third-order valence-corrected chi connectivity index (χ3v) is 8.35. The molecule has 2 aromatic carbocycles. The Morgan fingerprint density at radius 1 is 1.14 bits per heavy atom. The molecule has 0 saturated carbocycles. The highest BCUT2D eigenvalue weighted by atomic mass is 35.5. The first-order valence-electron chi connectivity index (χ1n) is 13.5. The number of ether oxygens (including phenoxy) is 3. The van der Waals surface area contributed by atoms with Crippen LogP contribution in [0.4, 0.5) is 8.78 Å². The van der Waals surface area contributed by atoms with E-state index < -0.39 is 17.6 Å². The van der Waals surface area contributed by atoms with E-state index >= 15 is 8.78 Å². The normalized spacial score (nSPS) is 14.6. The van der Waals surface area contributed by atoms with E-state index in [2.05, 4.69) is 15.0 Å². The van der Waals surface area contributed by atoms with Crippen molar-refractivity contribution in [3.8, 4) is 22.3 Å². The summed E-state index contributed by atoms with van der Waals surface area (Å²) in [6.07, 6.45) is 0.771. The second-order valence-corrected chi connectivity index (χ2v) is 11.2. The van der Waals surface area contributed by atoms with Gasteiger partial charge in [-0.15, -0.1) is 0 Å². The van der Waals surface area contributed by atoms with Gasteiger partial charge in [-0.3, -0.25) is 0 Å². The Hall–Kier alpha value is -4.13. The number of carbonyl (C=O) groups is 1. The van der Waals surface area contributed by atoms with Crippen LogP contribution in [0.3, 0.4) is 0 Å². The fourth-order valence-electron chi connectivity index (χ4n) is 4.74. The van der Waals surface area contributed by atoms with Crippen LogP contribution in [0.5, 0.6) is 11.1 Å². The molecule has 1 N–H and O–H groups in total. The zero-order chi connectivity index (χ0) is 30.1. The van der Waals surface area contributed by atoms with E-state index in [0.29, 0.717) is 46.7 Å². The maximum atomic E-state index is 15.5. The molecule has 0 spiro atoms. The van der Waals surface area contributed by atoms with E-state index in [-0.39, 0.29) is 52.5 Å². The van der Waals surface area contributed by atoms with Crippen LogP contribution in [0, 0.1) is 11.6 Å². The predicted octanol–water partition coefficient (Wildman–Crippen LogP) is 6.54. The van der Waals surface area contributed by atoms with Gasteiger partial charge in [0.25, 0.3) is 5.19 Å². The van der Waals surface area contributed by atoms with Crippen molar-refractivity contribution in [2.24, 2.45) is 0 Å². The lowest BCUT2D eigenvalue weighted by Crippen LogP contribution is -2.31. The lowest BCUT2D eigenvalue weighted by molar-refractivity contribution is -0.0589. The van der Waals surface area contributed by atoms with Crippen LogP contribution in [0.2, 0.25) is 5.15 Å². The van der Waals surface area contributed by atoms with Crippen LogP contribution < -0.4 is 9.47 Å². The molecule has 0 aliphatic carbocycles. The Bertz CT molecular complexity index is 1820. The minimum Gasteiger partial charge on any atom is -0.478 e. The monoisotopic (exact) mass is 626 g/mol. The molecule has 43 heavy (non-hydrogen) atoms. The zero-order valence-electron chi connectivity index (χ0n) is 22.8. The standard InChI is InChI=1S/C30H25ClF2N4O5S/c1-2-40-30-36-28(31)25(43-30)15-42-27-5-3-4-22(35-27)19-13-20(32)17(10-21(19)33)12-26-34-23-7-6-16(29(38)39)11-24(23)37(26)14-18-8-9-41-18/h3-7,10-11,13,18H,2,8-9,12,14-15H2,1H3,(H,38,39). The topological polar surface area (TPSA) is 109 Å². The molecular formula is C30H25ClF2N4O5S. The summed E-state index contributed by atoms with van der Waals surface area (Å²) < 4.78 is 49.5. The number of carboxylic acid groups (broad SMARTS) is 1. The molecule has 0 amide bonds. The van der Waals surface area contributed by atoms with Crippen molar-refractivity contribution >= 4 is 39.9 Å². The molecule has 1 fully saturated rings. The number of nitrogens with zero attached hydrogens (tertiary/aromatic N) is 4. The third-order valence-electron chi connectivity index (χ3n) is 6.99. The largest absolute Gasteiger partial charge is 0.478 e. The quantitative estimate of drug-likeness (QED) is 0.176. The van der Waals surface area contributed by atoms with E-state index in [1.54, 1.807) is 24.3 Å². The van der Waals surface area contributed by atoms with Gasteiger partial charge in [0.1, 0.15) is 24.1 Å². The van der Waals surface area contributed by atoms with E-state index in [0.717, 1.165) is 18.6 Å². The van der Waals surface area contributed by atoms with Gasteiger partial charge in [0.2, 0.25) is 5.88 Å². The average molecular weight is 627 g/mol. The highest BCUT2D eigenvalue weighted by molar-refractivity contribution is 7.13. The Balaban J connectivity index is 1.25. The molecule has 222 valence electrons. The van der Waals surface area contributed by atoms with Crippen LogP contribution in [0.1, 0.15) is 40.0 Å². The molecule has 0 bridgehead atoms. The number of pyridine rings is 1. The molecular weight excluding hydrogens is 602 g/mol. The molecule has 1 aliphatic heterocycles. The molecule has 0 radical (unpaired) electrons. The summed E-state index contributed by atoms with van der Waals surface area (Å²) >= 11 is 7.42. The molecule has 13 heteroatoms. The second-order valence-electron chi connectivity index (χ2n) is 9.81. The Kier molecular flexibility index (Phi) is 8.24. The van der Waals surface area contributed by atoms with Crippen LogP contribution >= 0.6 is 22.9 Å². The molecule has 1 atom stereocenters. The van der Waals surface area contributed by atoms with Gasteiger partial charge in [-0.1, -0.05) is 29.0 Å². The van der Waals surface area contributed by atoms with Gasteiger partial charge in [0.05, 0.1) is 46.4 Å². The van der Waals surface area contributed by atoms with E-state index in [4.69, 9.17) is 25.8 Å². The first-order valence-corrected chi connectivity index (χ1v) is 14.7. The van der Waals surface area contributed by atoms with Gasteiger partial charge in [0, 0.05) is 24.7 Å². The van der Waals surface area contributed by atoms with Crippen LogP contribution in [-0.4, -0.2) is 49.9 Å². The maximum absolute atomic E-state index is 15.5. The predicted molar refractivity (Wildman–Crippen MR) is 156 cm³/mol. The van der Waals surface area contributed by atoms with Crippen molar-refractivity contribution in [2.75, 3.05) is 13.2 Å². The first kappa shape index (κ1) is 29.0. The third kappa shape index (κ3) is 6.17. The van der Waals surface area contributed by atoms with E-state index in [1.807, 2.05) is 11.5 Å². The lowest BCUT2D eigenvalue weighted by atomic mass is 10.0. The molecule has 6 rings (SSSR count). The SMILES string of the molecule is CCOc1nc(Cl)c(COc2cccc(-c3cc(F)c(Cc4nc5ccc(C(=O)O)cc5n4CC4CCO4)cc3F)n2)s1. The number of thiazole rings is 1. The summed E-state index contributed by atoms with van der Waals surface area (Å²) in [6, 6.07) is 11.7. The summed E-state index contributed by atoms with van der Waals surface area (Å²) in [6.45, 7) is 3.44. The van der Waals surface area contributed by atoms with Gasteiger partial charge in [0.15, 0.2) is 5.15 Å². The average Bonchev–Trinajstić information content (AvgIpc) is 3.49. The van der Waals surface area contributed by atoms with Gasteiger partial charge in [-0.25, -0.2) is 23.5 Å². The number of hydrogen-bond donors (Lipinski definition) is 1. The summed E-state index contributed by atoms with van der Waals surface area (Å²) in [5, 5.41) is 10.2. The Morgan fingerprint density at radius 3 is 2.72 bits per heavy atom. The fraction of sp³-hybridized carbons (Fsp3) is 0.267. The number of halogens is 3. The minimum absolute atomic E-state index is 0.0112. The van der Waals surface area contributed by atoms with Gasteiger partial charge in [-0.05, 0) is 55.3 Å². The summed E-state index contributed by atoms with van der Waals surface area (Å²) in [5.74, 6) is -1.68. The summed E-state index contributed by atoms with van der Waals surface area (Å²) in [5.41, 5.74) is 1.54. The zero-order valence-corrected chi connectivity index (χ0v) is 24.4. The molecule has 3 aromatic heterocycles. The van der Waals surface area contributed by atoms with Crippen molar-refractivity contribution in [1.82, 2.24) is 19.5 Å². The minimum atomic E-state index is -1.06. The number of hydrogen-bond acceptors (Lipinski definition) is 8. The lowest BCUT2D eigenvalue weighted by Gasteiger charge is -2.27. The van der Waals surface area contributed by atoms with Gasteiger partial charge >= 0.3 is 5.97 Å². The van der Waals surface area contributed by atoms with Gasteiger partial charge in [-0.2, -0.15) is 4.98 Å². The maximum Gasteiger partial charge on any atom is 0.335 e.